The number of amides is 1. The van der Waals surface area contributed by atoms with Crippen molar-refractivity contribution in [2.24, 2.45) is 0 Å². The highest BCUT2D eigenvalue weighted by Gasteiger charge is 2.14. The summed E-state index contributed by atoms with van der Waals surface area (Å²) in [6.07, 6.45) is 1.85. The molecule has 6 nitrogen and oxygen atoms in total. The van der Waals surface area contributed by atoms with Crippen molar-refractivity contribution in [3.63, 3.8) is 0 Å². The summed E-state index contributed by atoms with van der Waals surface area (Å²) < 4.78 is 5.63. The zero-order chi connectivity index (χ0) is 15.5. The Morgan fingerprint density at radius 3 is 3.00 bits per heavy atom. The normalized spacial score (nSPS) is 11.2. The molecule has 0 bridgehead atoms. The maximum Gasteiger partial charge on any atom is 0.277 e. The topological polar surface area (TPSA) is 83.8 Å². The molecule has 7 heteroatoms. The number of H-pyrrole nitrogens is 1. The van der Waals surface area contributed by atoms with E-state index >= 15 is 0 Å². The van der Waals surface area contributed by atoms with Crippen LogP contribution in [0.3, 0.4) is 0 Å². The molecule has 2 heterocycles. The highest BCUT2D eigenvalue weighted by Crippen LogP contribution is 2.29. The molecule has 0 spiro atoms. The van der Waals surface area contributed by atoms with Crippen LogP contribution in [-0.2, 0) is 4.79 Å². The SMILES string of the molecule is CC(C)NC(=O)CSc1nnc(-c2c[nH]c3ccccc23)o1. The molecular formula is C15H16N4O2S. The number of nitrogens with zero attached hydrogens (tertiary/aromatic N) is 2. The lowest BCUT2D eigenvalue weighted by molar-refractivity contribution is -0.119. The average molecular weight is 316 g/mol. The second-order valence-corrected chi connectivity index (χ2v) is 6.06. The predicted octanol–water partition coefficient (Wildman–Crippen LogP) is 2.83. The largest absolute Gasteiger partial charge is 0.411 e. The Kier molecular flexibility index (Phi) is 4.15. The monoisotopic (exact) mass is 316 g/mol. The van der Waals surface area contributed by atoms with E-state index in [-0.39, 0.29) is 17.7 Å². The molecular weight excluding hydrogens is 300 g/mol. The third kappa shape index (κ3) is 3.14. The van der Waals surface area contributed by atoms with Crippen LogP contribution in [0.5, 0.6) is 0 Å². The standard InChI is InChI=1S/C15H16N4O2S/c1-9(2)17-13(20)8-22-15-19-18-14(21-15)11-7-16-12-6-4-3-5-10(11)12/h3-7,9,16H,8H2,1-2H3,(H,17,20). The number of hydrogen-bond donors (Lipinski definition) is 2. The second-order valence-electron chi connectivity index (χ2n) is 5.13. The molecule has 2 N–H and O–H groups in total. The number of aromatic amines is 1. The summed E-state index contributed by atoms with van der Waals surface area (Å²) in [7, 11) is 0. The zero-order valence-electron chi connectivity index (χ0n) is 12.3. The fourth-order valence-electron chi connectivity index (χ4n) is 2.12. The summed E-state index contributed by atoms with van der Waals surface area (Å²) in [5, 5.41) is 12.3. The molecule has 0 aliphatic carbocycles. The van der Waals surface area contributed by atoms with Gasteiger partial charge >= 0.3 is 0 Å². The van der Waals surface area contributed by atoms with E-state index < -0.39 is 0 Å². The first kappa shape index (κ1) is 14.6. The van der Waals surface area contributed by atoms with E-state index in [1.165, 1.54) is 11.8 Å². The van der Waals surface area contributed by atoms with Crippen LogP contribution in [0.2, 0.25) is 0 Å². The van der Waals surface area contributed by atoms with Crippen LogP contribution < -0.4 is 5.32 Å². The number of thioether (sulfide) groups is 1. The highest BCUT2D eigenvalue weighted by molar-refractivity contribution is 7.99. The third-order valence-electron chi connectivity index (χ3n) is 3.00. The van der Waals surface area contributed by atoms with E-state index in [2.05, 4.69) is 20.5 Å². The Labute approximate surface area is 131 Å². The molecule has 0 atom stereocenters. The number of hydrogen-bond acceptors (Lipinski definition) is 5. The number of para-hydroxylation sites is 1. The maximum atomic E-state index is 11.6. The number of rotatable bonds is 5. The van der Waals surface area contributed by atoms with Crippen molar-refractivity contribution in [2.45, 2.75) is 25.1 Å². The summed E-state index contributed by atoms with van der Waals surface area (Å²) in [6.45, 7) is 3.84. The van der Waals surface area contributed by atoms with Crippen LogP contribution in [0.4, 0.5) is 0 Å². The van der Waals surface area contributed by atoms with Crippen molar-refractivity contribution >= 4 is 28.6 Å². The van der Waals surface area contributed by atoms with Crippen LogP contribution in [0, 0.1) is 0 Å². The minimum Gasteiger partial charge on any atom is -0.411 e. The van der Waals surface area contributed by atoms with Crippen LogP contribution in [0.25, 0.3) is 22.4 Å². The minimum absolute atomic E-state index is 0.0492. The van der Waals surface area contributed by atoms with Crippen LogP contribution in [0.15, 0.2) is 40.1 Å². The van der Waals surface area contributed by atoms with Crippen LogP contribution in [0.1, 0.15) is 13.8 Å². The molecule has 22 heavy (non-hydrogen) atoms. The van der Waals surface area contributed by atoms with Gasteiger partial charge in [-0.1, -0.05) is 30.0 Å². The Hall–Kier alpha value is -2.28. The first-order chi connectivity index (χ1) is 10.6. The van der Waals surface area contributed by atoms with E-state index in [0.29, 0.717) is 11.1 Å². The summed E-state index contributed by atoms with van der Waals surface area (Å²) in [5.41, 5.74) is 1.88. The minimum atomic E-state index is -0.0492. The van der Waals surface area contributed by atoms with Gasteiger partial charge in [0.2, 0.25) is 5.91 Å². The molecule has 3 rings (SSSR count). The van der Waals surface area contributed by atoms with Gasteiger partial charge in [-0.05, 0) is 19.9 Å². The molecule has 1 amide bonds. The van der Waals surface area contributed by atoms with Crippen molar-refractivity contribution in [3.8, 4) is 11.5 Å². The fraction of sp³-hybridized carbons (Fsp3) is 0.267. The number of carbonyl (C=O) groups is 1. The molecule has 0 saturated carbocycles. The van der Waals surface area contributed by atoms with Gasteiger partial charge in [-0.3, -0.25) is 4.79 Å². The number of nitrogens with one attached hydrogen (secondary N) is 2. The molecule has 0 saturated heterocycles. The van der Waals surface area contributed by atoms with Gasteiger partial charge in [-0.15, -0.1) is 10.2 Å². The molecule has 0 aliphatic rings. The first-order valence-electron chi connectivity index (χ1n) is 6.95. The summed E-state index contributed by atoms with van der Waals surface area (Å²) in [5.74, 6) is 0.657. The molecule has 0 aliphatic heterocycles. The van der Waals surface area contributed by atoms with Crippen molar-refractivity contribution < 1.29 is 9.21 Å². The van der Waals surface area contributed by atoms with Gasteiger partial charge in [-0.25, -0.2) is 0 Å². The van der Waals surface area contributed by atoms with E-state index in [0.717, 1.165) is 16.5 Å². The molecule has 3 aromatic rings. The molecule has 2 aromatic heterocycles. The van der Waals surface area contributed by atoms with E-state index in [1.807, 2.05) is 44.3 Å². The fourth-order valence-corrected chi connectivity index (χ4v) is 2.69. The Morgan fingerprint density at radius 1 is 1.36 bits per heavy atom. The van der Waals surface area contributed by atoms with Crippen molar-refractivity contribution in [2.75, 3.05) is 5.75 Å². The van der Waals surface area contributed by atoms with Crippen LogP contribution in [-0.4, -0.2) is 32.9 Å². The lowest BCUT2D eigenvalue weighted by Crippen LogP contribution is -2.31. The van der Waals surface area contributed by atoms with Crippen molar-refractivity contribution in [1.29, 1.82) is 0 Å². The zero-order valence-corrected chi connectivity index (χ0v) is 13.1. The van der Waals surface area contributed by atoms with Crippen molar-refractivity contribution in [1.82, 2.24) is 20.5 Å². The summed E-state index contributed by atoms with van der Waals surface area (Å²) in [6, 6.07) is 8.03. The molecule has 1 aromatic carbocycles. The van der Waals surface area contributed by atoms with Gasteiger partial charge in [0.1, 0.15) is 0 Å². The van der Waals surface area contributed by atoms with Gasteiger partial charge in [-0.2, -0.15) is 0 Å². The number of aromatic nitrogens is 3. The lowest BCUT2D eigenvalue weighted by atomic mass is 10.2. The molecule has 114 valence electrons. The lowest BCUT2D eigenvalue weighted by Gasteiger charge is -2.06. The average Bonchev–Trinajstić information content (AvgIpc) is 3.10. The molecule has 0 fully saturated rings. The number of fused-ring (bicyclic) bond motifs is 1. The highest BCUT2D eigenvalue weighted by atomic mass is 32.2. The van der Waals surface area contributed by atoms with Crippen LogP contribution >= 0.6 is 11.8 Å². The van der Waals surface area contributed by atoms with E-state index in [9.17, 15) is 4.79 Å². The van der Waals surface area contributed by atoms with E-state index in [4.69, 9.17) is 4.42 Å². The number of carbonyl (C=O) groups excluding carboxylic acids is 1. The quantitative estimate of drug-likeness (QED) is 0.707. The Morgan fingerprint density at radius 2 is 2.18 bits per heavy atom. The van der Waals surface area contributed by atoms with Gasteiger partial charge < -0.3 is 14.7 Å². The molecule has 0 radical (unpaired) electrons. The summed E-state index contributed by atoms with van der Waals surface area (Å²) in [4.78, 5) is 14.8. The third-order valence-corrected chi connectivity index (χ3v) is 3.82. The van der Waals surface area contributed by atoms with Crippen molar-refractivity contribution in [3.05, 3.63) is 30.5 Å². The Bertz CT molecular complexity index is 794. The number of benzene rings is 1. The maximum absolute atomic E-state index is 11.6. The van der Waals surface area contributed by atoms with E-state index in [1.54, 1.807) is 0 Å². The second kappa shape index (κ2) is 6.23. The van der Waals surface area contributed by atoms with Gasteiger partial charge in [0.25, 0.3) is 11.1 Å². The molecule has 0 unspecified atom stereocenters. The first-order valence-corrected chi connectivity index (χ1v) is 7.94. The van der Waals surface area contributed by atoms with Gasteiger partial charge in [0.05, 0.1) is 11.3 Å². The smallest absolute Gasteiger partial charge is 0.277 e. The van der Waals surface area contributed by atoms with Gasteiger partial charge in [0, 0.05) is 23.1 Å². The predicted molar refractivity (Wildman–Crippen MR) is 85.6 cm³/mol. The summed E-state index contributed by atoms with van der Waals surface area (Å²) >= 11 is 1.23. The van der Waals surface area contributed by atoms with Gasteiger partial charge in [0.15, 0.2) is 0 Å². The Balaban J connectivity index is 1.73.